The van der Waals surface area contributed by atoms with Crippen LogP contribution in [0.3, 0.4) is 0 Å². The topological polar surface area (TPSA) is 30.7 Å². The van der Waals surface area contributed by atoms with Gasteiger partial charge >= 0.3 is 0 Å². The van der Waals surface area contributed by atoms with Crippen LogP contribution in [-0.2, 0) is 0 Å². The average molecular weight is 774 g/mol. The van der Waals surface area contributed by atoms with Gasteiger partial charge in [-0.3, -0.25) is 0 Å². The SMILES string of the molecule is c1ccc(-c2ccc(-c3cc(-c4ccc(-n5c6cc7c8c(cccc8c6c6c8ccccc8c8ccccc8c65)-c5ccccc5-7)cc4)nc(-c4ccccc4)n3)cc2)cc1. The summed E-state index contributed by atoms with van der Waals surface area (Å²) in [5.41, 5.74) is 15.9. The number of fused-ring (bicyclic) bond motifs is 12. The molecule has 10 aromatic carbocycles. The predicted molar refractivity (Wildman–Crippen MR) is 255 cm³/mol. The minimum atomic E-state index is 0.703. The number of rotatable bonds is 5. The van der Waals surface area contributed by atoms with Crippen LogP contribution in [0, 0.1) is 0 Å². The summed E-state index contributed by atoms with van der Waals surface area (Å²) in [6, 6.07) is 76.6. The monoisotopic (exact) mass is 773 g/mol. The summed E-state index contributed by atoms with van der Waals surface area (Å²) in [5.74, 6) is 0.703. The van der Waals surface area contributed by atoms with E-state index in [4.69, 9.17) is 9.97 Å². The van der Waals surface area contributed by atoms with Crippen LogP contribution >= 0.6 is 0 Å². The van der Waals surface area contributed by atoms with Crippen LogP contribution in [0.1, 0.15) is 0 Å². The van der Waals surface area contributed by atoms with Crippen LogP contribution in [0.2, 0.25) is 0 Å². The Bertz CT molecular complexity index is 3720. The first-order valence-electron chi connectivity index (χ1n) is 20.9. The number of benzene rings is 10. The molecule has 12 aromatic rings. The van der Waals surface area contributed by atoms with Crippen LogP contribution in [0.5, 0.6) is 0 Å². The molecule has 1 aliphatic carbocycles. The number of nitrogens with zero attached hydrogens (tertiary/aromatic N) is 3. The third kappa shape index (κ3) is 5.11. The predicted octanol–water partition coefficient (Wildman–Crippen LogP) is 15.3. The fraction of sp³-hybridized carbons (Fsp3) is 0. The maximum Gasteiger partial charge on any atom is 0.160 e. The molecule has 0 atom stereocenters. The lowest BCUT2D eigenvalue weighted by atomic mass is 9.94. The molecule has 0 saturated carbocycles. The van der Waals surface area contributed by atoms with Crippen molar-refractivity contribution in [2.45, 2.75) is 0 Å². The molecule has 0 saturated heterocycles. The van der Waals surface area contributed by atoms with Crippen LogP contribution in [0.15, 0.2) is 212 Å². The van der Waals surface area contributed by atoms with Crippen LogP contribution < -0.4 is 0 Å². The van der Waals surface area contributed by atoms with Gasteiger partial charge < -0.3 is 4.57 Å². The summed E-state index contributed by atoms with van der Waals surface area (Å²) in [6.07, 6.45) is 0. The van der Waals surface area contributed by atoms with Crippen LogP contribution in [-0.4, -0.2) is 14.5 Å². The average Bonchev–Trinajstić information content (AvgIpc) is 3.86. The van der Waals surface area contributed by atoms with Crippen molar-refractivity contribution in [3.05, 3.63) is 212 Å². The van der Waals surface area contributed by atoms with Gasteiger partial charge in [0.15, 0.2) is 5.82 Å². The lowest BCUT2D eigenvalue weighted by molar-refractivity contribution is 1.17. The van der Waals surface area contributed by atoms with Crippen molar-refractivity contribution in [2.75, 3.05) is 0 Å². The molecular weight excluding hydrogens is 739 g/mol. The fourth-order valence-electron chi connectivity index (χ4n) is 10.00. The highest BCUT2D eigenvalue weighted by Gasteiger charge is 2.27. The zero-order valence-electron chi connectivity index (χ0n) is 33.0. The van der Waals surface area contributed by atoms with Gasteiger partial charge in [0.05, 0.1) is 22.4 Å². The lowest BCUT2D eigenvalue weighted by Gasteiger charge is -2.14. The summed E-state index contributed by atoms with van der Waals surface area (Å²) in [7, 11) is 0. The lowest BCUT2D eigenvalue weighted by Crippen LogP contribution is -1.97. The molecule has 13 rings (SSSR count). The summed E-state index contributed by atoms with van der Waals surface area (Å²) in [4.78, 5) is 10.3. The molecule has 0 unspecified atom stereocenters. The Morgan fingerprint density at radius 2 is 0.787 bits per heavy atom. The molecule has 0 radical (unpaired) electrons. The van der Waals surface area contributed by atoms with Crippen molar-refractivity contribution < 1.29 is 0 Å². The second kappa shape index (κ2) is 13.2. The molecule has 0 fully saturated rings. The molecule has 0 amide bonds. The Labute approximate surface area is 352 Å². The Kier molecular flexibility index (Phi) is 7.31. The molecule has 3 heteroatoms. The maximum absolute atomic E-state index is 5.20. The molecule has 0 aliphatic heterocycles. The van der Waals surface area contributed by atoms with Crippen LogP contribution in [0.25, 0.3) is 127 Å². The molecule has 1 aliphatic rings. The van der Waals surface area contributed by atoms with E-state index in [-0.39, 0.29) is 0 Å². The van der Waals surface area contributed by atoms with Gasteiger partial charge in [-0.2, -0.15) is 0 Å². The van der Waals surface area contributed by atoms with E-state index in [0.717, 1.165) is 33.8 Å². The van der Waals surface area contributed by atoms with Gasteiger partial charge in [-0.25, -0.2) is 9.97 Å². The smallest absolute Gasteiger partial charge is 0.160 e. The number of hydrogen-bond acceptors (Lipinski definition) is 2. The minimum absolute atomic E-state index is 0.703. The normalized spacial score (nSPS) is 11.9. The second-order valence-electron chi connectivity index (χ2n) is 16.1. The highest BCUT2D eigenvalue weighted by atomic mass is 15.0. The second-order valence-corrected chi connectivity index (χ2v) is 16.1. The first-order chi connectivity index (χ1) is 30.3. The molecule has 3 nitrogen and oxygen atoms in total. The third-order valence-electron chi connectivity index (χ3n) is 12.7. The highest BCUT2D eigenvalue weighted by Crippen LogP contribution is 2.53. The van der Waals surface area contributed by atoms with Crippen molar-refractivity contribution in [1.82, 2.24) is 14.5 Å². The first kappa shape index (κ1) is 33.8. The third-order valence-corrected chi connectivity index (χ3v) is 12.7. The molecule has 0 bridgehead atoms. The molecule has 0 spiro atoms. The van der Waals surface area contributed by atoms with E-state index in [0.29, 0.717) is 5.82 Å². The Morgan fingerprint density at radius 1 is 0.295 bits per heavy atom. The van der Waals surface area contributed by atoms with E-state index >= 15 is 0 Å². The molecule has 0 N–H and O–H groups in total. The van der Waals surface area contributed by atoms with E-state index in [1.165, 1.54) is 87.5 Å². The zero-order valence-corrected chi connectivity index (χ0v) is 33.0. The Morgan fingerprint density at radius 3 is 1.48 bits per heavy atom. The van der Waals surface area contributed by atoms with Crippen molar-refractivity contribution in [3.63, 3.8) is 0 Å². The Hall–Kier alpha value is -8.14. The van der Waals surface area contributed by atoms with Gasteiger partial charge in [0.2, 0.25) is 0 Å². The molecule has 61 heavy (non-hydrogen) atoms. The number of aromatic nitrogens is 3. The Balaban J connectivity index is 1.04. The zero-order chi connectivity index (χ0) is 40.0. The van der Waals surface area contributed by atoms with Crippen molar-refractivity contribution >= 4 is 54.1 Å². The van der Waals surface area contributed by atoms with E-state index in [1.807, 2.05) is 18.2 Å². The molecular formula is C58H35N3. The largest absolute Gasteiger partial charge is 0.309 e. The van der Waals surface area contributed by atoms with Gasteiger partial charge in [-0.1, -0.05) is 188 Å². The molecule has 2 heterocycles. The van der Waals surface area contributed by atoms with Gasteiger partial charge in [0, 0.05) is 38.5 Å². The van der Waals surface area contributed by atoms with E-state index in [2.05, 4.69) is 199 Å². The number of hydrogen-bond donors (Lipinski definition) is 0. The standard InChI is InChI=1S/C58H35N3/c1-3-14-36(15-4-1)37-26-28-38(29-27-37)51-35-52(60-58(59-51)40-16-5-2-6-17-40)39-30-32-41(33-31-39)61-53-34-50-45-21-8-7-19-43(45)46-24-13-25-49(54(46)50)55(53)56-47-22-11-9-18-42(47)44-20-10-12-23-48(44)57(56)61/h1-35H. The summed E-state index contributed by atoms with van der Waals surface area (Å²) >= 11 is 0. The highest BCUT2D eigenvalue weighted by molar-refractivity contribution is 6.38. The minimum Gasteiger partial charge on any atom is -0.309 e. The molecule has 282 valence electrons. The van der Waals surface area contributed by atoms with Crippen LogP contribution in [0.4, 0.5) is 0 Å². The first-order valence-corrected chi connectivity index (χ1v) is 20.9. The van der Waals surface area contributed by atoms with Gasteiger partial charge in [-0.15, -0.1) is 0 Å². The van der Waals surface area contributed by atoms with Crippen molar-refractivity contribution in [3.8, 4) is 73.0 Å². The van der Waals surface area contributed by atoms with Crippen molar-refractivity contribution in [1.29, 1.82) is 0 Å². The van der Waals surface area contributed by atoms with E-state index < -0.39 is 0 Å². The maximum atomic E-state index is 5.20. The summed E-state index contributed by atoms with van der Waals surface area (Å²) < 4.78 is 2.52. The summed E-state index contributed by atoms with van der Waals surface area (Å²) in [6.45, 7) is 0. The quantitative estimate of drug-likeness (QED) is 0.163. The van der Waals surface area contributed by atoms with Gasteiger partial charge in [-0.05, 0) is 84.6 Å². The van der Waals surface area contributed by atoms with E-state index in [1.54, 1.807) is 0 Å². The van der Waals surface area contributed by atoms with Gasteiger partial charge in [0.1, 0.15) is 0 Å². The fourth-order valence-corrected chi connectivity index (χ4v) is 10.00. The van der Waals surface area contributed by atoms with Gasteiger partial charge in [0.25, 0.3) is 0 Å². The summed E-state index contributed by atoms with van der Waals surface area (Å²) in [5, 5.41) is 10.3. The van der Waals surface area contributed by atoms with Crippen molar-refractivity contribution in [2.24, 2.45) is 0 Å². The molecule has 2 aromatic heterocycles. The van der Waals surface area contributed by atoms with E-state index in [9.17, 15) is 0 Å².